The summed E-state index contributed by atoms with van der Waals surface area (Å²) in [6.45, 7) is 6.49. The number of hydrogen-bond acceptors (Lipinski definition) is 3. The molecule has 0 spiro atoms. The van der Waals surface area contributed by atoms with Gasteiger partial charge in [0.25, 0.3) is 0 Å². The Morgan fingerprint density at radius 3 is 2.63 bits per heavy atom. The highest BCUT2D eigenvalue weighted by Crippen LogP contribution is 2.48. The Balaban J connectivity index is 1.86. The van der Waals surface area contributed by atoms with Crippen molar-refractivity contribution in [2.75, 3.05) is 26.7 Å². The highest BCUT2D eigenvalue weighted by molar-refractivity contribution is 5.84. The van der Waals surface area contributed by atoms with Crippen molar-refractivity contribution in [2.24, 2.45) is 23.5 Å². The lowest BCUT2D eigenvalue weighted by atomic mass is 9.88. The molecule has 0 aliphatic heterocycles. The molecule has 4 unspecified atom stereocenters. The van der Waals surface area contributed by atoms with Gasteiger partial charge in [-0.05, 0) is 57.5 Å². The van der Waals surface area contributed by atoms with Crippen molar-refractivity contribution in [1.82, 2.24) is 10.2 Å². The van der Waals surface area contributed by atoms with Crippen molar-refractivity contribution in [2.45, 2.75) is 45.1 Å². The number of rotatable bonds is 7. The summed E-state index contributed by atoms with van der Waals surface area (Å²) in [7, 11) is 2.12. The Hall–Kier alpha value is -0.610. The van der Waals surface area contributed by atoms with Gasteiger partial charge in [0.05, 0.1) is 0 Å². The van der Waals surface area contributed by atoms with Crippen LogP contribution in [0.15, 0.2) is 0 Å². The predicted octanol–water partition coefficient (Wildman–Crippen LogP) is 1.21. The van der Waals surface area contributed by atoms with Crippen LogP contribution in [-0.4, -0.2) is 43.0 Å². The standard InChI is InChI=1S/C15H29N3O/c1-4-17-15(2,14(16)19)10-18(3)9-13-8-11-5-6-12(13)7-11/h11-13,17H,4-10H2,1-3H3,(H2,16,19). The first-order chi connectivity index (χ1) is 8.94. The van der Waals surface area contributed by atoms with Crippen molar-refractivity contribution in [3.05, 3.63) is 0 Å². The molecule has 4 heteroatoms. The smallest absolute Gasteiger partial charge is 0.238 e. The molecular formula is C15H29N3O. The molecule has 0 aromatic rings. The fraction of sp³-hybridized carbons (Fsp3) is 0.933. The molecular weight excluding hydrogens is 238 g/mol. The number of nitrogens with two attached hydrogens (primary N) is 1. The minimum atomic E-state index is -0.610. The molecule has 2 aliphatic carbocycles. The maximum Gasteiger partial charge on any atom is 0.238 e. The van der Waals surface area contributed by atoms with Gasteiger partial charge < -0.3 is 16.0 Å². The third kappa shape index (κ3) is 3.29. The summed E-state index contributed by atoms with van der Waals surface area (Å²) in [5.41, 5.74) is 4.94. The maximum absolute atomic E-state index is 11.6. The summed E-state index contributed by atoms with van der Waals surface area (Å²) in [5, 5.41) is 3.23. The highest BCUT2D eigenvalue weighted by Gasteiger charge is 2.40. The number of nitrogens with zero attached hydrogens (tertiary/aromatic N) is 1. The molecule has 2 rings (SSSR count). The molecule has 1 amide bonds. The SMILES string of the molecule is CCNC(C)(CN(C)CC1CC2CCC1C2)C(N)=O. The number of fused-ring (bicyclic) bond motifs is 2. The van der Waals surface area contributed by atoms with Crippen LogP contribution >= 0.6 is 0 Å². The Morgan fingerprint density at radius 2 is 2.16 bits per heavy atom. The van der Waals surface area contributed by atoms with Gasteiger partial charge in [-0.15, -0.1) is 0 Å². The number of carbonyl (C=O) groups is 1. The number of primary amides is 1. The van der Waals surface area contributed by atoms with Gasteiger partial charge in [-0.25, -0.2) is 0 Å². The maximum atomic E-state index is 11.6. The van der Waals surface area contributed by atoms with Crippen LogP contribution in [0.2, 0.25) is 0 Å². The monoisotopic (exact) mass is 267 g/mol. The highest BCUT2D eigenvalue weighted by atomic mass is 16.1. The van der Waals surface area contributed by atoms with E-state index in [1.165, 1.54) is 25.7 Å². The van der Waals surface area contributed by atoms with Gasteiger partial charge in [0.1, 0.15) is 5.54 Å². The molecule has 4 nitrogen and oxygen atoms in total. The van der Waals surface area contributed by atoms with Crippen LogP contribution < -0.4 is 11.1 Å². The molecule has 0 radical (unpaired) electrons. The van der Waals surface area contributed by atoms with E-state index in [1.54, 1.807) is 0 Å². The van der Waals surface area contributed by atoms with E-state index in [1.807, 2.05) is 13.8 Å². The van der Waals surface area contributed by atoms with Crippen LogP contribution in [0, 0.1) is 17.8 Å². The second kappa shape index (κ2) is 5.80. The summed E-state index contributed by atoms with van der Waals surface area (Å²) in [6, 6.07) is 0. The Kier molecular flexibility index (Phi) is 4.51. The number of amides is 1. The first-order valence-electron chi connectivity index (χ1n) is 7.68. The van der Waals surface area contributed by atoms with Gasteiger partial charge >= 0.3 is 0 Å². The van der Waals surface area contributed by atoms with Crippen LogP contribution in [-0.2, 0) is 4.79 Å². The molecule has 2 fully saturated rings. The van der Waals surface area contributed by atoms with Gasteiger partial charge in [-0.1, -0.05) is 13.3 Å². The molecule has 4 atom stereocenters. The molecule has 2 aliphatic rings. The van der Waals surface area contributed by atoms with E-state index >= 15 is 0 Å². The Bertz CT molecular complexity index is 333. The zero-order valence-electron chi connectivity index (χ0n) is 12.6. The van der Waals surface area contributed by atoms with E-state index in [2.05, 4.69) is 17.3 Å². The summed E-state index contributed by atoms with van der Waals surface area (Å²) < 4.78 is 0. The van der Waals surface area contributed by atoms with Gasteiger partial charge in [0.2, 0.25) is 5.91 Å². The average Bonchev–Trinajstić information content (AvgIpc) is 2.90. The second-order valence-electron chi connectivity index (χ2n) is 6.86. The first-order valence-corrected chi connectivity index (χ1v) is 7.68. The van der Waals surface area contributed by atoms with Crippen LogP contribution in [0.5, 0.6) is 0 Å². The molecule has 3 N–H and O–H groups in total. The van der Waals surface area contributed by atoms with E-state index in [9.17, 15) is 4.79 Å². The molecule has 0 aromatic heterocycles. The van der Waals surface area contributed by atoms with Gasteiger partial charge in [-0.2, -0.15) is 0 Å². The number of hydrogen-bond donors (Lipinski definition) is 2. The first kappa shape index (κ1) is 14.8. The fourth-order valence-corrected chi connectivity index (χ4v) is 4.22. The normalized spacial score (nSPS) is 32.7. The van der Waals surface area contributed by atoms with E-state index in [4.69, 9.17) is 5.73 Å². The van der Waals surface area contributed by atoms with Crippen molar-refractivity contribution in [3.63, 3.8) is 0 Å². The zero-order valence-corrected chi connectivity index (χ0v) is 12.6. The molecule has 0 saturated heterocycles. The lowest BCUT2D eigenvalue weighted by Crippen LogP contribution is -2.59. The number of carbonyl (C=O) groups excluding carboxylic acids is 1. The topological polar surface area (TPSA) is 58.4 Å². The van der Waals surface area contributed by atoms with Gasteiger partial charge in [-0.3, -0.25) is 4.79 Å². The predicted molar refractivity (Wildman–Crippen MR) is 77.7 cm³/mol. The molecule has 2 bridgehead atoms. The van der Waals surface area contributed by atoms with Crippen LogP contribution in [0.4, 0.5) is 0 Å². The van der Waals surface area contributed by atoms with Gasteiger partial charge in [0, 0.05) is 13.1 Å². The quantitative estimate of drug-likeness (QED) is 0.729. The molecule has 0 heterocycles. The molecule has 110 valence electrons. The Morgan fingerprint density at radius 1 is 1.42 bits per heavy atom. The van der Waals surface area contributed by atoms with Crippen molar-refractivity contribution in [3.8, 4) is 0 Å². The summed E-state index contributed by atoms with van der Waals surface area (Å²) >= 11 is 0. The summed E-state index contributed by atoms with van der Waals surface area (Å²) in [5.74, 6) is 2.50. The largest absolute Gasteiger partial charge is 0.368 e. The minimum Gasteiger partial charge on any atom is -0.368 e. The fourth-order valence-electron chi connectivity index (χ4n) is 4.22. The minimum absolute atomic E-state index is 0.255. The lowest BCUT2D eigenvalue weighted by Gasteiger charge is -2.34. The molecule has 19 heavy (non-hydrogen) atoms. The lowest BCUT2D eigenvalue weighted by molar-refractivity contribution is -0.124. The van der Waals surface area contributed by atoms with E-state index in [0.717, 1.165) is 30.8 Å². The van der Waals surface area contributed by atoms with E-state index in [-0.39, 0.29) is 5.91 Å². The third-order valence-corrected chi connectivity index (χ3v) is 5.13. The summed E-state index contributed by atoms with van der Waals surface area (Å²) in [6.07, 6.45) is 5.70. The Labute approximate surface area is 117 Å². The van der Waals surface area contributed by atoms with Gasteiger partial charge in [0.15, 0.2) is 0 Å². The van der Waals surface area contributed by atoms with Crippen LogP contribution in [0.1, 0.15) is 39.5 Å². The summed E-state index contributed by atoms with van der Waals surface area (Å²) in [4.78, 5) is 13.9. The van der Waals surface area contributed by atoms with Crippen molar-refractivity contribution >= 4 is 5.91 Å². The number of likely N-dealkylation sites (N-methyl/N-ethyl adjacent to an activating group) is 2. The van der Waals surface area contributed by atoms with E-state index in [0.29, 0.717) is 6.54 Å². The van der Waals surface area contributed by atoms with Crippen LogP contribution in [0.3, 0.4) is 0 Å². The van der Waals surface area contributed by atoms with E-state index < -0.39 is 5.54 Å². The van der Waals surface area contributed by atoms with Crippen LogP contribution in [0.25, 0.3) is 0 Å². The molecule has 2 saturated carbocycles. The molecule has 0 aromatic carbocycles. The number of nitrogens with one attached hydrogen (secondary N) is 1. The average molecular weight is 267 g/mol. The second-order valence-corrected chi connectivity index (χ2v) is 6.86. The van der Waals surface area contributed by atoms with Crippen molar-refractivity contribution < 1.29 is 4.79 Å². The zero-order chi connectivity index (χ0) is 14.0. The van der Waals surface area contributed by atoms with Crippen molar-refractivity contribution in [1.29, 1.82) is 0 Å². The third-order valence-electron chi connectivity index (χ3n) is 5.13.